The first-order valence-electron chi connectivity index (χ1n) is 10.5. The van der Waals surface area contributed by atoms with Crippen LogP contribution in [0.15, 0.2) is 34.1 Å². The maximum atomic E-state index is 12.3. The number of pyridine rings is 1. The molecule has 2 aromatic rings. The fraction of sp³-hybridized carbons (Fsp3) is 0.500. The molecule has 0 radical (unpaired) electrons. The van der Waals surface area contributed by atoms with Gasteiger partial charge in [-0.25, -0.2) is 14.3 Å². The predicted molar refractivity (Wildman–Crippen MR) is 113 cm³/mol. The Morgan fingerprint density at radius 3 is 2.13 bits per heavy atom. The Bertz CT molecular complexity index is 1240. The number of nitrogens with zero attached hydrogens (tertiary/aromatic N) is 5. The van der Waals surface area contributed by atoms with Crippen LogP contribution in [0.3, 0.4) is 0 Å². The molecule has 1 fully saturated rings. The van der Waals surface area contributed by atoms with Crippen LogP contribution in [0.25, 0.3) is 0 Å². The molecular formula is C20H21F6N5O7. The molecule has 4 heterocycles. The number of carboxylic acids is 2. The molecular weight excluding hydrogens is 536 g/mol. The van der Waals surface area contributed by atoms with Crippen LogP contribution >= 0.6 is 0 Å². The van der Waals surface area contributed by atoms with E-state index in [0.717, 1.165) is 36.3 Å². The van der Waals surface area contributed by atoms with Crippen molar-refractivity contribution >= 4 is 11.9 Å². The lowest BCUT2D eigenvalue weighted by atomic mass is 10.0. The molecule has 0 amide bonds. The Kier molecular flexibility index (Phi) is 9.38. The number of ether oxygens (including phenoxy) is 1. The Morgan fingerprint density at radius 1 is 1.05 bits per heavy atom. The highest BCUT2D eigenvalue weighted by Crippen LogP contribution is 2.31. The molecule has 0 aromatic carbocycles. The van der Waals surface area contributed by atoms with Crippen LogP contribution in [-0.4, -0.2) is 77.4 Å². The number of halogens is 6. The zero-order valence-corrected chi connectivity index (χ0v) is 19.5. The van der Waals surface area contributed by atoms with Crippen molar-refractivity contribution in [3.05, 3.63) is 56.6 Å². The van der Waals surface area contributed by atoms with Crippen LogP contribution in [0, 0.1) is 0 Å². The molecule has 210 valence electrons. The molecule has 2 N–H and O–H groups in total. The summed E-state index contributed by atoms with van der Waals surface area (Å²) in [5, 5.41) is 18.4. The number of fused-ring (bicyclic) bond motifs is 1. The van der Waals surface area contributed by atoms with Crippen molar-refractivity contribution in [2.75, 3.05) is 13.1 Å². The van der Waals surface area contributed by atoms with Crippen molar-refractivity contribution in [2.45, 2.75) is 44.1 Å². The van der Waals surface area contributed by atoms with Crippen LogP contribution in [0.2, 0.25) is 0 Å². The lowest BCUT2D eigenvalue weighted by molar-refractivity contribution is -0.193. The summed E-state index contributed by atoms with van der Waals surface area (Å²) >= 11 is 0. The SMILES string of the molecule is Cn1nc2n(c(=O)c1=O)CC1(CCN(Cc3cccnc3)C1)OC2.O=C(O)C(F)(F)F.O=C(O)C(F)(F)F. The van der Waals surface area contributed by atoms with Gasteiger partial charge in [0.15, 0.2) is 5.82 Å². The number of aromatic nitrogens is 4. The van der Waals surface area contributed by atoms with E-state index in [1.807, 2.05) is 18.3 Å². The van der Waals surface area contributed by atoms with Crippen molar-refractivity contribution in [3.63, 3.8) is 0 Å². The number of alkyl halides is 6. The third-order valence-corrected chi connectivity index (χ3v) is 5.26. The summed E-state index contributed by atoms with van der Waals surface area (Å²) in [4.78, 5) is 48.3. The zero-order chi connectivity index (χ0) is 28.9. The average Bonchev–Trinajstić information content (AvgIpc) is 3.20. The van der Waals surface area contributed by atoms with Crippen LogP contribution in [0.5, 0.6) is 0 Å². The topological polar surface area (TPSA) is 157 Å². The van der Waals surface area contributed by atoms with Crippen molar-refractivity contribution in [1.82, 2.24) is 24.2 Å². The Hall–Kier alpha value is -3.80. The van der Waals surface area contributed by atoms with Crippen molar-refractivity contribution in [3.8, 4) is 0 Å². The van der Waals surface area contributed by atoms with Crippen molar-refractivity contribution < 1.29 is 50.9 Å². The number of likely N-dealkylation sites (tertiary alicyclic amines) is 1. The quantitative estimate of drug-likeness (QED) is 0.400. The van der Waals surface area contributed by atoms with Gasteiger partial charge in [-0.2, -0.15) is 31.4 Å². The summed E-state index contributed by atoms with van der Waals surface area (Å²) in [5.41, 5.74) is -0.386. The van der Waals surface area contributed by atoms with Crippen LogP contribution in [0.1, 0.15) is 17.8 Å². The van der Waals surface area contributed by atoms with Crippen LogP contribution in [-0.2, 0) is 41.1 Å². The second-order valence-electron chi connectivity index (χ2n) is 8.14. The molecule has 4 rings (SSSR count). The van der Waals surface area contributed by atoms with Gasteiger partial charge < -0.3 is 14.9 Å². The molecule has 2 aliphatic rings. The first-order valence-corrected chi connectivity index (χ1v) is 10.5. The highest BCUT2D eigenvalue weighted by atomic mass is 19.4. The molecule has 1 unspecified atom stereocenters. The van der Waals surface area contributed by atoms with E-state index in [4.69, 9.17) is 24.5 Å². The summed E-state index contributed by atoms with van der Waals surface area (Å²) in [6.07, 6.45) is -5.72. The molecule has 2 aromatic heterocycles. The van der Waals surface area contributed by atoms with E-state index in [0.29, 0.717) is 12.4 Å². The highest BCUT2D eigenvalue weighted by Gasteiger charge is 2.43. The monoisotopic (exact) mass is 557 g/mol. The molecule has 2 aliphatic heterocycles. The highest BCUT2D eigenvalue weighted by molar-refractivity contribution is 5.73. The van der Waals surface area contributed by atoms with E-state index in [2.05, 4.69) is 15.0 Å². The minimum absolute atomic E-state index is 0.254. The Morgan fingerprint density at radius 2 is 1.63 bits per heavy atom. The molecule has 0 bridgehead atoms. The van der Waals surface area contributed by atoms with Crippen molar-refractivity contribution in [1.29, 1.82) is 0 Å². The second kappa shape index (κ2) is 11.7. The molecule has 0 saturated carbocycles. The predicted octanol–water partition coefficient (Wildman–Crippen LogP) is 0.779. The first kappa shape index (κ1) is 30.4. The minimum atomic E-state index is -5.08. The van der Waals surface area contributed by atoms with E-state index >= 15 is 0 Å². The van der Waals surface area contributed by atoms with E-state index in [1.54, 1.807) is 6.20 Å². The number of aliphatic carboxylic acids is 2. The summed E-state index contributed by atoms with van der Waals surface area (Å²) < 4.78 is 72.1. The lowest BCUT2D eigenvalue weighted by Crippen LogP contribution is -2.52. The van der Waals surface area contributed by atoms with Gasteiger partial charge >= 0.3 is 35.4 Å². The van der Waals surface area contributed by atoms with Gasteiger partial charge in [-0.15, -0.1) is 0 Å². The summed E-state index contributed by atoms with van der Waals surface area (Å²) in [5.74, 6) is -5.00. The van der Waals surface area contributed by atoms with Crippen LogP contribution in [0.4, 0.5) is 26.3 Å². The Labute approximate surface area is 208 Å². The zero-order valence-electron chi connectivity index (χ0n) is 19.5. The van der Waals surface area contributed by atoms with Gasteiger partial charge in [-0.05, 0) is 18.1 Å². The van der Waals surface area contributed by atoms with Gasteiger partial charge in [0.25, 0.3) is 0 Å². The second-order valence-corrected chi connectivity index (χ2v) is 8.14. The number of rotatable bonds is 2. The normalized spacial score (nSPS) is 19.0. The lowest BCUT2D eigenvalue weighted by Gasteiger charge is -2.35. The number of aryl methyl sites for hydroxylation is 1. The Balaban J connectivity index is 0.000000301. The number of carboxylic acid groups (broad SMARTS) is 2. The van der Waals surface area contributed by atoms with Gasteiger partial charge in [0.1, 0.15) is 12.2 Å². The van der Waals surface area contributed by atoms with Gasteiger partial charge in [0, 0.05) is 39.1 Å². The summed E-state index contributed by atoms with van der Waals surface area (Å²) in [7, 11) is 1.49. The van der Waals surface area contributed by atoms with E-state index in [1.165, 1.54) is 11.6 Å². The third-order valence-electron chi connectivity index (χ3n) is 5.26. The number of hydrogen-bond acceptors (Lipinski definition) is 8. The molecule has 1 atom stereocenters. The van der Waals surface area contributed by atoms with Crippen LogP contribution < -0.4 is 11.1 Å². The molecule has 1 spiro atoms. The summed E-state index contributed by atoms with van der Waals surface area (Å²) in [6.45, 7) is 3.05. The largest absolute Gasteiger partial charge is 0.490 e. The van der Waals surface area contributed by atoms with E-state index in [9.17, 15) is 35.9 Å². The smallest absolute Gasteiger partial charge is 0.475 e. The minimum Gasteiger partial charge on any atom is -0.475 e. The third kappa shape index (κ3) is 8.10. The van der Waals surface area contributed by atoms with E-state index in [-0.39, 0.29) is 6.61 Å². The van der Waals surface area contributed by atoms with Gasteiger partial charge in [0.05, 0.1) is 6.54 Å². The summed E-state index contributed by atoms with van der Waals surface area (Å²) in [6, 6.07) is 3.97. The fourth-order valence-electron chi connectivity index (χ4n) is 3.52. The van der Waals surface area contributed by atoms with Gasteiger partial charge in [-0.3, -0.25) is 24.0 Å². The maximum Gasteiger partial charge on any atom is 0.490 e. The molecule has 0 aliphatic carbocycles. The molecule has 12 nitrogen and oxygen atoms in total. The van der Waals surface area contributed by atoms with Gasteiger partial charge in [0.2, 0.25) is 0 Å². The fourth-order valence-corrected chi connectivity index (χ4v) is 3.52. The maximum absolute atomic E-state index is 12.3. The standard InChI is InChI=1S/C16H19N5O3.2C2HF3O2/c1-19-14(22)15(23)21-11-16(24-9-13(21)18-19)4-6-20(10-16)8-12-3-2-5-17-7-12;2*3-2(4,5)1(6)7/h2-3,5,7H,4,6,8-11H2,1H3;2*(H,6,7). The van der Waals surface area contributed by atoms with Gasteiger partial charge in [-0.1, -0.05) is 6.07 Å². The molecule has 1 saturated heterocycles. The number of hydrogen-bond donors (Lipinski definition) is 2. The molecule has 18 heteroatoms. The number of carbonyl (C=O) groups is 2. The molecule has 38 heavy (non-hydrogen) atoms. The van der Waals surface area contributed by atoms with E-state index < -0.39 is 41.0 Å². The average molecular weight is 557 g/mol. The first-order chi connectivity index (χ1) is 17.4. The van der Waals surface area contributed by atoms with Crippen molar-refractivity contribution in [2.24, 2.45) is 7.05 Å².